The minimum Gasteiger partial charge on any atom is -0.313 e. The Balaban J connectivity index is 1.65. The van der Waals surface area contributed by atoms with E-state index in [1.807, 2.05) is 6.20 Å². The number of H-pyrrole nitrogens is 1. The van der Waals surface area contributed by atoms with Crippen molar-refractivity contribution in [3.63, 3.8) is 0 Å². The van der Waals surface area contributed by atoms with Crippen LogP contribution in [0.4, 0.5) is 4.79 Å². The van der Waals surface area contributed by atoms with Gasteiger partial charge in [0, 0.05) is 30.8 Å². The first kappa shape index (κ1) is 17.9. The smallest absolute Gasteiger partial charge is 0.313 e. The van der Waals surface area contributed by atoms with E-state index in [0.29, 0.717) is 18.8 Å². The lowest BCUT2D eigenvalue weighted by Crippen LogP contribution is -2.50. The molecule has 1 saturated carbocycles. The molecular formula is C18H29N5O2. The number of carbonyl (C=O) groups excluding carboxylic acids is 2. The van der Waals surface area contributed by atoms with E-state index in [2.05, 4.69) is 34.4 Å². The van der Waals surface area contributed by atoms with Crippen LogP contribution in [0.15, 0.2) is 6.20 Å². The number of unbranched alkanes of at least 4 members (excludes halogenated alkanes) is 1. The highest BCUT2D eigenvalue weighted by Crippen LogP contribution is 2.42. The van der Waals surface area contributed by atoms with E-state index in [1.165, 1.54) is 24.1 Å². The summed E-state index contributed by atoms with van der Waals surface area (Å²) in [6.45, 7) is 4.18. The van der Waals surface area contributed by atoms with Crippen molar-refractivity contribution in [2.75, 3.05) is 20.6 Å². The number of amides is 3. The Morgan fingerprint density at radius 2 is 2.08 bits per heavy atom. The van der Waals surface area contributed by atoms with Gasteiger partial charge in [-0.2, -0.15) is 5.10 Å². The van der Waals surface area contributed by atoms with Gasteiger partial charge in [0.2, 0.25) is 0 Å². The van der Waals surface area contributed by atoms with Crippen LogP contribution in [0.25, 0.3) is 0 Å². The quantitative estimate of drug-likeness (QED) is 0.773. The summed E-state index contributed by atoms with van der Waals surface area (Å²) in [5, 5.41) is 9.91. The molecule has 1 aliphatic heterocycles. The fourth-order valence-corrected chi connectivity index (χ4v) is 4.19. The Labute approximate surface area is 149 Å². The monoisotopic (exact) mass is 347 g/mol. The van der Waals surface area contributed by atoms with Gasteiger partial charge in [0.1, 0.15) is 5.54 Å². The number of hydrogen-bond acceptors (Lipinski definition) is 4. The number of likely N-dealkylation sites (N-methyl/N-ethyl adjacent to an activating group) is 1. The molecule has 0 bridgehead atoms. The highest BCUT2D eigenvalue weighted by Gasteiger charge is 2.52. The second-order valence-electron chi connectivity index (χ2n) is 7.52. The molecule has 0 aromatic carbocycles. The third-order valence-corrected chi connectivity index (χ3v) is 5.90. The molecule has 7 nitrogen and oxygen atoms in total. The third kappa shape index (κ3) is 3.29. The molecule has 25 heavy (non-hydrogen) atoms. The van der Waals surface area contributed by atoms with Crippen LogP contribution in [-0.4, -0.2) is 58.1 Å². The summed E-state index contributed by atoms with van der Waals surface area (Å²) in [6, 6.07) is -0.275. The lowest BCUT2D eigenvalue weighted by Gasteiger charge is -2.39. The van der Waals surface area contributed by atoms with Crippen LogP contribution < -0.4 is 5.32 Å². The molecule has 1 aromatic rings. The summed E-state index contributed by atoms with van der Waals surface area (Å²) in [6.07, 6.45) is 7.51. The van der Waals surface area contributed by atoms with Gasteiger partial charge in [0.25, 0.3) is 5.91 Å². The van der Waals surface area contributed by atoms with Crippen molar-refractivity contribution < 1.29 is 9.59 Å². The maximum absolute atomic E-state index is 12.3. The summed E-state index contributed by atoms with van der Waals surface area (Å²) < 4.78 is 0. The molecule has 2 heterocycles. The van der Waals surface area contributed by atoms with E-state index in [0.717, 1.165) is 25.9 Å². The number of carbonyl (C=O) groups is 2. The third-order valence-electron chi connectivity index (χ3n) is 5.90. The van der Waals surface area contributed by atoms with Gasteiger partial charge in [-0.15, -0.1) is 0 Å². The van der Waals surface area contributed by atoms with Gasteiger partial charge in [-0.25, -0.2) is 4.79 Å². The van der Waals surface area contributed by atoms with Gasteiger partial charge in [0.15, 0.2) is 0 Å². The van der Waals surface area contributed by atoms with Crippen LogP contribution in [-0.2, 0) is 11.3 Å². The van der Waals surface area contributed by atoms with Gasteiger partial charge >= 0.3 is 6.03 Å². The maximum Gasteiger partial charge on any atom is 0.324 e. The molecule has 0 unspecified atom stereocenters. The van der Waals surface area contributed by atoms with Crippen LogP contribution in [0.1, 0.15) is 62.6 Å². The van der Waals surface area contributed by atoms with Gasteiger partial charge in [-0.05, 0) is 45.7 Å². The molecule has 1 saturated heterocycles. The lowest BCUT2D eigenvalue weighted by molar-refractivity contribution is -0.127. The number of nitrogens with zero attached hydrogens (tertiary/aromatic N) is 3. The topological polar surface area (TPSA) is 81.3 Å². The molecule has 1 aliphatic carbocycles. The van der Waals surface area contributed by atoms with Crippen molar-refractivity contribution in [1.82, 2.24) is 25.3 Å². The molecule has 1 spiro atoms. The molecule has 3 amide bonds. The Kier molecular flexibility index (Phi) is 5.13. The summed E-state index contributed by atoms with van der Waals surface area (Å²) in [5.41, 5.74) is 1.80. The minimum absolute atomic E-state index is 0.136. The first-order valence-corrected chi connectivity index (χ1v) is 9.28. The van der Waals surface area contributed by atoms with Gasteiger partial charge in [-0.1, -0.05) is 13.3 Å². The molecule has 0 atom stereocenters. The largest absolute Gasteiger partial charge is 0.324 e. The number of rotatable bonds is 6. The van der Waals surface area contributed by atoms with Crippen LogP contribution in [0.5, 0.6) is 0 Å². The van der Waals surface area contributed by atoms with Crippen LogP contribution in [0.2, 0.25) is 0 Å². The molecule has 2 aliphatic rings. The van der Waals surface area contributed by atoms with Crippen molar-refractivity contribution in [1.29, 1.82) is 0 Å². The van der Waals surface area contributed by atoms with E-state index >= 15 is 0 Å². The zero-order valence-corrected chi connectivity index (χ0v) is 15.5. The Morgan fingerprint density at radius 3 is 2.68 bits per heavy atom. The molecule has 0 radical (unpaired) electrons. The molecular weight excluding hydrogens is 318 g/mol. The van der Waals surface area contributed by atoms with Crippen molar-refractivity contribution in [2.24, 2.45) is 0 Å². The molecule has 7 heteroatoms. The van der Waals surface area contributed by atoms with E-state index in [-0.39, 0.29) is 11.9 Å². The number of nitrogens with one attached hydrogen (secondary N) is 2. The van der Waals surface area contributed by atoms with Crippen molar-refractivity contribution in [2.45, 2.75) is 63.5 Å². The minimum atomic E-state index is -0.647. The van der Waals surface area contributed by atoms with Crippen molar-refractivity contribution in [3.8, 4) is 0 Å². The lowest BCUT2D eigenvalue weighted by atomic mass is 9.74. The molecule has 3 rings (SSSR count). The predicted octanol–water partition coefficient (Wildman–Crippen LogP) is 2.22. The predicted molar refractivity (Wildman–Crippen MR) is 95.1 cm³/mol. The number of imide groups is 1. The zero-order valence-electron chi connectivity index (χ0n) is 15.5. The number of urea groups is 1. The highest BCUT2D eigenvalue weighted by molar-refractivity contribution is 6.06. The number of aromatic nitrogens is 2. The second kappa shape index (κ2) is 7.15. The maximum atomic E-state index is 12.3. The van der Waals surface area contributed by atoms with Gasteiger partial charge in [-0.3, -0.25) is 15.2 Å². The van der Waals surface area contributed by atoms with Gasteiger partial charge < -0.3 is 9.80 Å². The van der Waals surface area contributed by atoms with Crippen molar-refractivity contribution in [3.05, 3.63) is 17.5 Å². The van der Waals surface area contributed by atoms with Crippen LogP contribution >= 0.6 is 0 Å². The fourth-order valence-electron chi connectivity index (χ4n) is 4.19. The number of hydrogen-bond donors (Lipinski definition) is 2. The Hall–Kier alpha value is -1.89. The molecule has 2 fully saturated rings. The second-order valence-corrected chi connectivity index (χ2v) is 7.52. The van der Waals surface area contributed by atoms with Crippen LogP contribution in [0, 0.1) is 0 Å². The molecule has 1 aromatic heterocycles. The summed E-state index contributed by atoms with van der Waals surface area (Å²) in [7, 11) is 3.87. The normalized spacial score (nSPS) is 26.7. The van der Waals surface area contributed by atoms with E-state index in [4.69, 9.17) is 0 Å². The van der Waals surface area contributed by atoms with Crippen molar-refractivity contribution >= 4 is 11.9 Å². The van der Waals surface area contributed by atoms with Gasteiger partial charge in [0.05, 0.1) is 6.20 Å². The first-order valence-electron chi connectivity index (χ1n) is 9.28. The van der Waals surface area contributed by atoms with E-state index in [1.54, 1.807) is 11.9 Å². The van der Waals surface area contributed by atoms with E-state index < -0.39 is 5.54 Å². The number of aromatic amines is 1. The summed E-state index contributed by atoms with van der Waals surface area (Å²) in [5.74, 6) is 0.238. The highest BCUT2D eigenvalue weighted by atomic mass is 16.2. The summed E-state index contributed by atoms with van der Waals surface area (Å²) >= 11 is 0. The first-order chi connectivity index (χ1) is 12.0. The Bertz CT molecular complexity index is 633. The molecule has 2 N–H and O–H groups in total. The average molecular weight is 347 g/mol. The molecule has 138 valence electrons. The SMILES string of the molecule is CCCCN(C)Cc1cn[nH]c1C1CCC2(CC1)C(=O)NC(=O)N2C. The van der Waals surface area contributed by atoms with E-state index in [9.17, 15) is 9.59 Å². The fraction of sp³-hybridized carbons (Fsp3) is 0.722. The standard InChI is InChI=1S/C18H29N5O2/c1-4-5-10-22(2)12-14-11-19-21-15(14)13-6-8-18(9-7-13)16(24)20-17(25)23(18)3/h11,13H,4-10,12H2,1-3H3,(H,19,21)(H,20,24,25). The van der Waals surface area contributed by atoms with Crippen LogP contribution in [0.3, 0.4) is 0 Å². The Morgan fingerprint density at radius 1 is 1.36 bits per heavy atom. The zero-order chi connectivity index (χ0) is 18.0. The average Bonchev–Trinajstić information content (AvgIpc) is 3.13. The summed E-state index contributed by atoms with van der Waals surface area (Å²) in [4.78, 5) is 28.0.